The van der Waals surface area contributed by atoms with E-state index in [1.54, 1.807) is 39.5 Å². The van der Waals surface area contributed by atoms with Crippen molar-refractivity contribution in [3.05, 3.63) is 57.6 Å². The molecule has 1 heterocycles. The number of aromatic nitrogens is 1. The molecule has 1 N–H and O–H groups in total. The van der Waals surface area contributed by atoms with Crippen molar-refractivity contribution in [2.24, 2.45) is 0 Å². The predicted octanol–water partition coefficient (Wildman–Crippen LogP) is 4.73. The van der Waals surface area contributed by atoms with Crippen LogP contribution in [0.15, 0.2) is 36.4 Å². The number of ether oxygens (including phenoxy) is 3. The second kappa shape index (κ2) is 9.15. The Kier molecular flexibility index (Phi) is 6.61. The summed E-state index contributed by atoms with van der Waals surface area (Å²) in [5.41, 5.74) is 2.38. The van der Waals surface area contributed by atoms with E-state index in [0.717, 1.165) is 16.1 Å². The van der Waals surface area contributed by atoms with Crippen LogP contribution >= 0.6 is 22.9 Å². The SMILES string of the molecule is COc1cc(CNC(=O)c2sc(-c3cccc(Cl)c3)nc2C)cc(OC)c1OC. The fourth-order valence-electron chi connectivity index (χ4n) is 2.85. The van der Waals surface area contributed by atoms with Gasteiger partial charge >= 0.3 is 0 Å². The molecule has 0 radical (unpaired) electrons. The van der Waals surface area contributed by atoms with Crippen LogP contribution in [0.4, 0.5) is 0 Å². The molecule has 8 heteroatoms. The Balaban J connectivity index is 1.78. The Bertz CT molecular complexity index is 1010. The topological polar surface area (TPSA) is 69.7 Å². The van der Waals surface area contributed by atoms with Gasteiger partial charge in [0.25, 0.3) is 5.91 Å². The molecule has 0 aliphatic rings. The van der Waals surface area contributed by atoms with Gasteiger partial charge in [0, 0.05) is 17.1 Å². The van der Waals surface area contributed by atoms with E-state index < -0.39 is 0 Å². The summed E-state index contributed by atoms with van der Waals surface area (Å²) in [5.74, 6) is 1.39. The fourth-order valence-corrected chi connectivity index (χ4v) is 4.02. The Morgan fingerprint density at radius 3 is 2.38 bits per heavy atom. The minimum atomic E-state index is -0.193. The number of carbonyl (C=O) groups is 1. The van der Waals surface area contributed by atoms with E-state index in [-0.39, 0.29) is 5.91 Å². The van der Waals surface area contributed by atoms with Crippen LogP contribution in [0.25, 0.3) is 10.6 Å². The van der Waals surface area contributed by atoms with Crippen molar-refractivity contribution < 1.29 is 19.0 Å². The van der Waals surface area contributed by atoms with Crippen molar-refractivity contribution in [2.45, 2.75) is 13.5 Å². The lowest BCUT2D eigenvalue weighted by Crippen LogP contribution is -2.22. The fraction of sp³-hybridized carbons (Fsp3) is 0.238. The van der Waals surface area contributed by atoms with Crippen molar-refractivity contribution in [1.82, 2.24) is 10.3 Å². The van der Waals surface area contributed by atoms with Gasteiger partial charge in [-0.2, -0.15) is 0 Å². The van der Waals surface area contributed by atoms with Gasteiger partial charge in [0.05, 0.1) is 27.0 Å². The quantitative estimate of drug-likeness (QED) is 0.584. The summed E-state index contributed by atoms with van der Waals surface area (Å²) in [4.78, 5) is 17.8. The molecule has 3 aromatic rings. The standard InChI is InChI=1S/C21H21ClN2O4S/c1-12-19(29-21(24-12)14-6-5-7-15(22)10-14)20(25)23-11-13-8-16(26-2)18(28-4)17(9-13)27-3/h5-10H,11H2,1-4H3,(H,23,25). The molecule has 1 amide bonds. The van der Waals surface area contributed by atoms with Crippen molar-refractivity contribution in [1.29, 1.82) is 0 Å². The number of halogens is 1. The number of nitrogens with one attached hydrogen (secondary N) is 1. The molecule has 3 rings (SSSR count). The molecule has 0 unspecified atom stereocenters. The number of methoxy groups -OCH3 is 3. The van der Waals surface area contributed by atoms with Crippen LogP contribution in [0.5, 0.6) is 17.2 Å². The van der Waals surface area contributed by atoms with Crippen LogP contribution in [-0.4, -0.2) is 32.2 Å². The van der Waals surface area contributed by atoms with Gasteiger partial charge in [0.15, 0.2) is 11.5 Å². The lowest BCUT2D eigenvalue weighted by atomic mass is 10.1. The second-order valence-corrected chi connectivity index (χ2v) is 7.60. The van der Waals surface area contributed by atoms with Crippen LogP contribution in [0, 0.1) is 6.92 Å². The van der Waals surface area contributed by atoms with Crippen LogP contribution in [0.2, 0.25) is 5.02 Å². The molecular formula is C21H21ClN2O4S. The van der Waals surface area contributed by atoms with Crippen molar-refractivity contribution in [3.8, 4) is 27.8 Å². The van der Waals surface area contributed by atoms with Crippen LogP contribution in [0.1, 0.15) is 20.9 Å². The maximum Gasteiger partial charge on any atom is 0.263 e. The smallest absolute Gasteiger partial charge is 0.263 e. The van der Waals surface area contributed by atoms with Crippen molar-refractivity contribution >= 4 is 28.8 Å². The van der Waals surface area contributed by atoms with E-state index in [0.29, 0.717) is 39.4 Å². The first kappa shape index (κ1) is 21.0. The first-order valence-corrected chi connectivity index (χ1v) is 9.96. The number of benzene rings is 2. The minimum absolute atomic E-state index is 0.193. The Hall–Kier alpha value is -2.77. The molecule has 0 atom stereocenters. The van der Waals surface area contributed by atoms with Gasteiger partial charge in [-0.3, -0.25) is 4.79 Å². The zero-order valence-corrected chi connectivity index (χ0v) is 18.1. The van der Waals surface area contributed by atoms with Crippen LogP contribution in [0.3, 0.4) is 0 Å². The number of thiazole rings is 1. The lowest BCUT2D eigenvalue weighted by Gasteiger charge is -2.14. The summed E-state index contributed by atoms with van der Waals surface area (Å²) in [6.45, 7) is 2.12. The van der Waals surface area contributed by atoms with Gasteiger partial charge in [0.2, 0.25) is 5.75 Å². The van der Waals surface area contributed by atoms with E-state index in [4.69, 9.17) is 25.8 Å². The van der Waals surface area contributed by atoms with Gasteiger partial charge in [-0.1, -0.05) is 23.7 Å². The Morgan fingerprint density at radius 1 is 1.10 bits per heavy atom. The number of rotatable bonds is 7. The highest BCUT2D eigenvalue weighted by atomic mass is 35.5. The van der Waals surface area contributed by atoms with E-state index in [9.17, 15) is 4.79 Å². The molecule has 0 bridgehead atoms. The summed E-state index contributed by atoms with van der Waals surface area (Å²) in [6, 6.07) is 11.0. The largest absolute Gasteiger partial charge is 0.493 e. The predicted molar refractivity (Wildman–Crippen MR) is 115 cm³/mol. The highest BCUT2D eigenvalue weighted by Crippen LogP contribution is 2.38. The second-order valence-electron chi connectivity index (χ2n) is 6.16. The van der Waals surface area contributed by atoms with Crippen LogP contribution in [-0.2, 0) is 6.54 Å². The van der Waals surface area contributed by atoms with Crippen molar-refractivity contribution in [3.63, 3.8) is 0 Å². The summed E-state index contributed by atoms with van der Waals surface area (Å²) in [7, 11) is 4.65. The summed E-state index contributed by atoms with van der Waals surface area (Å²) in [5, 5.41) is 4.31. The molecular weight excluding hydrogens is 412 g/mol. The van der Waals surface area contributed by atoms with Gasteiger partial charge in [-0.25, -0.2) is 4.98 Å². The van der Waals surface area contributed by atoms with Crippen molar-refractivity contribution in [2.75, 3.05) is 21.3 Å². The average molecular weight is 433 g/mol. The molecule has 0 aliphatic carbocycles. The molecule has 0 aliphatic heterocycles. The summed E-state index contributed by atoms with van der Waals surface area (Å²) in [6.07, 6.45) is 0. The highest BCUT2D eigenvalue weighted by molar-refractivity contribution is 7.17. The third kappa shape index (κ3) is 4.63. The van der Waals surface area contributed by atoms with E-state index in [1.807, 2.05) is 25.1 Å². The normalized spacial score (nSPS) is 10.5. The molecule has 0 saturated heterocycles. The maximum atomic E-state index is 12.7. The van der Waals surface area contributed by atoms with Gasteiger partial charge in [-0.15, -0.1) is 11.3 Å². The first-order valence-electron chi connectivity index (χ1n) is 8.77. The zero-order chi connectivity index (χ0) is 21.0. The maximum absolute atomic E-state index is 12.7. The number of aryl methyl sites for hydroxylation is 1. The number of carbonyl (C=O) groups excluding carboxylic acids is 1. The highest BCUT2D eigenvalue weighted by Gasteiger charge is 2.18. The monoisotopic (exact) mass is 432 g/mol. The Morgan fingerprint density at radius 2 is 1.79 bits per heavy atom. The first-order chi connectivity index (χ1) is 14.0. The average Bonchev–Trinajstić information content (AvgIpc) is 3.12. The van der Waals surface area contributed by atoms with E-state index in [1.165, 1.54) is 11.3 Å². The Labute approximate surface area is 178 Å². The summed E-state index contributed by atoms with van der Waals surface area (Å²) < 4.78 is 16.0. The zero-order valence-electron chi connectivity index (χ0n) is 16.5. The van der Waals surface area contributed by atoms with Crippen LogP contribution < -0.4 is 19.5 Å². The molecule has 2 aromatic carbocycles. The van der Waals surface area contributed by atoms with E-state index in [2.05, 4.69) is 10.3 Å². The number of amides is 1. The van der Waals surface area contributed by atoms with Gasteiger partial charge in [-0.05, 0) is 36.8 Å². The van der Waals surface area contributed by atoms with Gasteiger partial charge < -0.3 is 19.5 Å². The number of nitrogens with zero attached hydrogens (tertiary/aromatic N) is 1. The number of hydrogen-bond donors (Lipinski definition) is 1. The number of hydrogen-bond acceptors (Lipinski definition) is 6. The molecule has 1 aromatic heterocycles. The molecule has 152 valence electrons. The third-order valence-electron chi connectivity index (χ3n) is 4.25. The lowest BCUT2D eigenvalue weighted by molar-refractivity contribution is 0.0954. The molecule has 6 nitrogen and oxygen atoms in total. The summed E-state index contributed by atoms with van der Waals surface area (Å²) >= 11 is 7.40. The molecule has 0 fully saturated rings. The van der Waals surface area contributed by atoms with E-state index >= 15 is 0 Å². The molecule has 0 spiro atoms. The third-order valence-corrected chi connectivity index (χ3v) is 5.69. The molecule has 0 saturated carbocycles. The molecule has 29 heavy (non-hydrogen) atoms. The van der Waals surface area contributed by atoms with Gasteiger partial charge in [0.1, 0.15) is 9.88 Å². The minimum Gasteiger partial charge on any atom is -0.493 e.